The van der Waals surface area contributed by atoms with Gasteiger partial charge in [0.05, 0.1) is 16.9 Å². The van der Waals surface area contributed by atoms with Gasteiger partial charge in [0.1, 0.15) is 0 Å². The minimum atomic E-state index is -1.20. The Morgan fingerprint density at radius 3 is 2.19 bits per heavy atom. The fourth-order valence-corrected chi connectivity index (χ4v) is 5.50. The lowest BCUT2D eigenvalue weighted by molar-refractivity contribution is -0.160. The molecule has 1 unspecified atom stereocenters. The summed E-state index contributed by atoms with van der Waals surface area (Å²) in [6.07, 6.45) is 0.383. The van der Waals surface area contributed by atoms with Crippen molar-refractivity contribution in [2.24, 2.45) is 0 Å². The SMILES string of the molecule is COC1(C)CCN(c2c(-c3ccc(C(=O)NCc4ccccc4)cc3)c(C)nc(C)c2C(OC(C)(C)C)C(=O)O)CC1. The van der Waals surface area contributed by atoms with Gasteiger partial charge in [-0.1, -0.05) is 42.5 Å². The van der Waals surface area contributed by atoms with E-state index in [1.54, 1.807) is 19.2 Å². The van der Waals surface area contributed by atoms with Crippen molar-refractivity contribution in [3.8, 4) is 11.1 Å². The summed E-state index contributed by atoms with van der Waals surface area (Å²) >= 11 is 0. The van der Waals surface area contributed by atoms with Crippen molar-refractivity contribution in [2.75, 3.05) is 25.1 Å². The summed E-state index contributed by atoms with van der Waals surface area (Å²) in [5.74, 6) is -1.22. The van der Waals surface area contributed by atoms with Crippen LogP contribution in [0.5, 0.6) is 0 Å². The number of aryl methyl sites for hydroxylation is 2. The van der Waals surface area contributed by atoms with E-state index in [0.717, 1.165) is 40.9 Å². The van der Waals surface area contributed by atoms with Crippen LogP contribution < -0.4 is 10.2 Å². The molecule has 2 heterocycles. The number of carboxylic acids is 1. The lowest BCUT2D eigenvalue weighted by Gasteiger charge is -2.42. The van der Waals surface area contributed by atoms with Gasteiger partial charge in [-0.3, -0.25) is 9.78 Å². The first-order valence-electron chi connectivity index (χ1n) is 14.5. The van der Waals surface area contributed by atoms with Crippen molar-refractivity contribution < 1.29 is 24.2 Å². The van der Waals surface area contributed by atoms with Crippen LogP contribution in [0.2, 0.25) is 0 Å². The van der Waals surface area contributed by atoms with Gasteiger partial charge in [-0.05, 0) is 77.6 Å². The molecule has 224 valence electrons. The molecule has 1 aromatic heterocycles. The zero-order chi connectivity index (χ0) is 30.7. The maximum absolute atomic E-state index is 12.9. The maximum atomic E-state index is 12.9. The summed E-state index contributed by atoms with van der Waals surface area (Å²) in [6, 6.07) is 17.2. The van der Waals surface area contributed by atoms with Gasteiger partial charge in [0, 0.05) is 54.8 Å². The zero-order valence-corrected chi connectivity index (χ0v) is 25.8. The van der Waals surface area contributed by atoms with Gasteiger partial charge in [0.25, 0.3) is 5.91 Å². The van der Waals surface area contributed by atoms with E-state index in [0.29, 0.717) is 36.5 Å². The number of anilines is 1. The number of amides is 1. The number of carbonyl (C=O) groups excluding carboxylic acids is 1. The predicted octanol–water partition coefficient (Wildman–Crippen LogP) is 6.24. The second kappa shape index (κ2) is 12.6. The molecule has 2 N–H and O–H groups in total. The van der Waals surface area contributed by atoms with Gasteiger partial charge >= 0.3 is 5.97 Å². The Morgan fingerprint density at radius 2 is 1.64 bits per heavy atom. The number of piperidine rings is 1. The van der Waals surface area contributed by atoms with Gasteiger partial charge in [-0.25, -0.2) is 4.79 Å². The summed E-state index contributed by atoms with van der Waals surface area (Å²) in [7, 11) is 1.74. The number of rotatable bonds is 9. The normalized spacial score (nSPS) is 15.7. The average Bonchev–Trinajstić information content (AvgIpc) is 2.95. The van der Waals surface area contributed by atoms with E-state index < -0.39 is 17.7 Å². The second-order valence-electron chi connectivity index (χ2n) is 12.3. The molecule has 1 atom stereocenters. The number of ether oxygens (including phenoxy) is 2. The number of hydrogen-bond donors (Lipinski definition) is 2. The summed E-state index contributed by atoms with van der Waals surface area (Å²) < 4.78 is 12.0. The van der Waals surface area contributed by atoms with Gasteiger partial charge in [-0.2, -0.15) is 0 Å². The van der Waals surface area contributed by atoms with Crippen LogP contribution in [0.25, 0.3) is 11.1 Å². The molecule has 3 aromatic rings. The third-order valence-electron chi connectivity index (χ3n) is 7.90. The summed E-state index contributed by atoms with van der Waals surface area (Å²) in [5.41, 5.74) is 5.12. The molecule has 1 fully saturated rings. The first-order chi connectivity index (χ1) is 19.8. The molecular formula is C34H43N3O5. The molecule has 1 aliphatic rings. The smallest absolute Gasteiger partial charge is 0.337 e. The van der Waals surface area contributed by atoms with Crippen LogP contribution in [0.1, 0.15) is 79.5 Å². The van der Waals surface area contributed by atoms with Gasteiger partial charge in [-0.15, -0.1) is 0 Å². The highest BCUT2D eigenvalue weighted by Gasteiger charge is 2.37. The molecule has 1 saturated heterocycles. The van der Waals surface area contributed by atoms with Crippen LogP contribution in [0, 0.1) is 13.8 Å². The van der Waals surface area contributed by atoms with E-state index in [1.165, 1.54) is 0 Å². The number of carboxylic acid groups (broad SMARTS) is 1. The number of aliphatic carboxylic acids is 1. The van der Waals surface area contributed by atoms with E-state index in [1.807, 2.05) is 77.1 Å². The highest BCUT2D eigenvalue weighted by Crippen LogP contribution is 2.44. The van der Waals surface area contributed by atoms with E-state index in [9.17, 15) is 14.7 Å². The van der Waals surface area contributed by atoms with Crippen molar-refractivity contribution in [1.29, 1.82) is 0 Å². The number of carbonyl (C=O) groups is 2. The first-order valence-corrected chi connectivity index (χ1v) is 14.5. The zero-order valence-electron chi connectivity index (χ0n) is 25.8. The van der Waals surface area contributed by atoms with E-state index >= 15 is 0 Å². The number of nitrogens with one attached hydrogen (secondary N) is 1. The lowest BCUT2D eigenvalue weighted by Crippen LogP contribution is -2.44. The molecule has 1 aliphatic heterocycles. The van der Waals surface area contributed by atoms with Crippen molar-refractivity contribution in [1.82, 2.24) is 10.3 Å². The number of methoxy groups -OCH3 is 1. The Labute approximate surface area is 249 Å². The minimum absolute atomic E-state index is 0.163. The second-order valence-corrected chi connectivity index (χ2v) is 12.3. The van der Waals surface area contributed by atoms with E-state index in [2.05, 4.69) is 17.1 Å². The molecule has 0 radical (unpaired) electrons. The van der Waals surface area contributed by atoms with Crippen LogP contribution >= 0.6 is 0 Å². The lowest BCUT2D eigenvalue weighted by atomic mass is 9.89. The fourth-order valence-electron chi connectivity index (χ4n) is 5.50. The maximum Gasteiger partial charge on any atom is 0.337 e. The number of benzene rings is 2. The van der Waals surface area contributed by atoms with Gasteiger partial charge in [0.2, 0.25) is 0 Å². The van der Waals surface area contributed by atoms with Crippen LogP contribution in [0.4, 0.5) is 5.69 Å². The fraction of sp³-hybridized carbons (Fsp3) is 0.441. The first kappa shape index (κ1) is 31.2. The molecule has 0 bridgehead atoms. The standard InChI is InChI=1S/C34H43N3O5/c1-22-27(25-13-15-26(16-14-25)31(38)35-21-24-11-9-8-10-12-24)29(37-19-17-34(6,41-7)18-20-37)28(23(2)36-22)30(32(39)40)42-33(3,4)5/h8-16,30H,17-21H2,1-7H3,(H,35,38)(H,39,40). The molecule has 4 rings (SSSR count). The van der Waals surface area contributed by atoms with Crippen molar-refractivity contribution in [3.05, 3.63) is 82.7 Å². The molecule has 1 amide bonds. The summed E-state index contributed by atoms with van der Waals surface area (Å²) in [6.45, 7) is 13.3. The van der Waals surface area contributed by atoms with Crippen molar-refractivity contribution in [3.63, 3.8) is 0 Å². The number of nitrogens with zero attached hydrogens (tertiary/aromatic N) is 2. The summed E-state index contributed by atoms with van der Waals surface area (Å²) in [5, 5.41) is 13.4. The Balaban J connectivity index is 1.77. The van der Waals surface area contributed by atoms with Crippen LogP contribution in [0.15, 0.2) is 54.6 Å². The highest BCUT2D eigenvalue weighted by atomic mass is 16.5. The van der Waals surface area contributed by atoms with Gasteiger partial charge in [0.15, 0.2) is 6.10 Å². The van der Waals surface area contributed by atoms with E-state index in [-0.39, 0.29) is 11.5 Å². The molecule has 0 spiro atoms. The van der Waals surface area contributed by atoms with Crippen molar-refractivity contribution >= 4 is 17.6 Å². The number of pyridine rings is 1. The highest BCUT2D eigenvalue weighted by molar-refractivity contribution is 5.95. The topological polar surface area (TPSA) is 101 Å². The van der Waals surface area contributed by atoms with Crippen LogP contribution in [-0.4, -0.2) is 53.4 Å². The Bertz CT molecular complexity index is 1410. The van der Waals surface area contributed by atoms with E-state index in [4.69, 9.17) is 14.5 Å². The molecule has 42 heavy (non-hydrogen) atoms. The van der Waals surface area contributed by atoms with Crippen LogP contribution in [-0.2, 0) is 20.8 Å². The average molecular weight is 574 g/mol. The largest absolute Gasteiger partial charge is 0.479 e. The third-order valence-corrected chi connectivity index (χ3v) is 7.90. The molecule has 0 aliphatic carbocycles. The Hall–Kier alpha value is -3.75. The quantitative estimate of drug-likeness (QED) is 0.312. The molecule has 2 aromatic carbocycles. The van der Waals surface area contributed by atoms with Crippen LogP contribution in [0.3, 0.4) is 0 Å². The van der Waals surface area contributed by atoms with Gasteiger partial charge < -0.3 is 24.8 Å². The summed E-state index contributed by atoms with van der Waals surface area (Å²) in [4.78, 5) is 32.7. The predicted molar refractivity (Wildman–Crippen MR) is 165 cm³/mol. The molecule has 8 heteroatoms. The molecule has 0 saturated carbocycles. The molecular weight excluding hydrogens is 530 g/mol. The number of aromatic nitrogens is 1. The minimum Gasteiger partial charge on any atom is -0.479 e. The third kappa shape index (κ3) is 7.17. The van der Waals surface area contributed by atoms with Crippen molar-refractivity contribution in [2.45, 2.75) is 78.2 Å². The Kier molecular flexibility index (Phi) is 9.38. The number of hydrogen-bond acceptors (Lipinski definition) is 6. The monoisotopic (exact) mass is 573 g/mol. The Morgan fingerprint density at radius 1 is 1.02 bits per heavy atom. The molecule has 8 nitrogen and oxygen atoms in total.